The molecule has 2 heterocycles. The highest BCUT2D eigenvalue weighted by molar-refractivity contribution is 8.00. The number of amides is 2. The summed E-state index contributed by atoms with van der Waals surface area (Å²) in [6.07, 6.45) is 0.314. The number of carbonyl (C=O) groups excluding carboxylic acids is 2. The van der Waals surface area contributed by atoms with Crippen LogP contribution in [0.25, 0.3) is 0 Å². The summed E-state index contributed by atoms with van der Waals surface area (Å²) in [5.74, 6) is 0.580. The third-order valence-electron chi connectivity index (χ3n) is 2.53. The Morgan fingerprint density at radius 2 is 2.35 bits per heavy atom. The van der Waals surface area contributed by atoms with Gasteiger partial charge in [0.15, 0.2) is 0 Å². The van der Waals surface area contributed by atoms with Crippen LogP contribution >= 0.6 is 23.1 Å². The summed E-state index contributed by atoms with van der Waals surface area (Å²) in [4.78, 5) is 26.1. The van der Waals surface area contributed by atoms with Crippen LogP contribution in [0.1, 0.15) is 11.3 Å². The second-order valence-electron chi connectivity index (χ2n) is 3.75. The first kappa shape index (κ1) is 12.6. The molecule has 6 heteroatoms. The number of likely N-dealkylation sites (tertiary alicyclic amines) is 1. The number of imide groups is 1. The first-order valence-electron chi connectivity index (χ1n) is 5.40. The standard InChI is InChI=1S/C11H14N2O2S2/c12-3-5-17-9-6-10(14)13(11(9)15)7-8-2-1-4-16-8/h1-2,4,9H,3,5-7,12H2. The van der Waals surface area contributed by atoms with Crippen LogP contribution in [-0.2, 0) is 16.1 Å². The number of thioether (sulfide) groups is 1. The highest BCUT2D eigenvalue weighted by Crippen LogP contribution is 2.26. The molecule has 92 valence electrons. The zero-order valence-electron chi connectivity index (χ0n) is 9.30. The van der Waals surface area contributed by atoms with E-state index >= 15 is 0 Å². The lowest BCUT2D eigenvalue weighted by Crippen LogP contribution is -2.30. The maximum Gasteiger partial charge on any atom is 0.243 e. The molecule has 1 aromatic heterocycles. The van der Waals surface area contributed by atoms with Crippen molar-refractivity contribution in [1.82, 2.24) is 4.90 Å². The minimum atomic E-state index is -0.231. The van der Waals surface area contributed by atoms with Gasteiger partial charge in [-0.15, -0.1) is 23.1 Å². The minimum Gasteiger partial charge on any atom is -0.330 e. The van der Waals surface area contributed by atoms with Crippen LogP contribution in [0, 0.1) is 0 Å². The average Bonchev–Trinajstić information content (AvgIpc) is 2.90. The molecule has 0 saturated carbocycles. The van der Waals surface area contributed by atoms with Crippen molar-refractivity contribution in [3.05, 3.63) is 22.4 Å². The van der Waals surface area contributed by atoms with E-state index in [1.807, 2.05) is 17.5 Å². The van der Waals surface area contributed by atoms with Crippen LogP contribution in [0.5, 0.6) is 0 Å². The lowest BCUT2D eigenvalue weighted by atomic mass is 10.4. The van der Waals surface area contributed by atoms with Crippen molar-refractivity contribution in [2.24, 2.45) is 5.73 Å². The van der Waals surface area contributed by atoms with Gasteiger partial charge in [-0.05, 0) is 11.4 Å². The lowest BCUT2D eigenvalue weighted by molar-refractivity contribution is -0.138. The van der Waals surface area contributed by atoms with Gasteiger partial charge < -0.3 is 5.73 Å². The van der Waals surface area contributed by atoms with Crippen molar-refractivity contribution in [1.29, 1.82) is 0 Å². The minimum absolute atomic E-state index is 0.0677. The third kappa shape index (κ3) is 2.88. The van der Waals surface area contributed by atoms with E-state index < -0.39 is 0 Å². The second kappa shape index (κ2) is 5.66. The van der Waals surface area contributed by atoms with E-state index in [1.54, 1.807) is 11.3 Å². The van der Waals surface area contributed by atoms with E-state index in [0.29, 0.717) is 19.5 Å². The van der Waals surface area contributed by atoms with E-state index in [1.165, 1.54) is 16.7 Å². The summed E-state index contributed by atoms with van der Waals surface area (Å²) < 4.78 is 0. The lowest BCUT2D eigenvalue weighted by Gasteiger charge is -2.13. The number of carbonyl (C=O) groups is 2. The molecular formula is C11H14N2O2S2. The molecule has 1 aliphatic heterocycles. The van der Waals surface area contributed by atoms with Gasteiger partial charge in [-0.3, -0.25) is 14.5 Å². The highest BCUT2D eigenvalue weighted by Gasteiger charge is 2.38. The molecule has 1 saturated heterocycles. The van der Waals surface area contributed by atoms with Crippen LogP contribution < -0.4 is 5.73 Å². The average molecular weight is 270 g/mol. The fourth-order valence-corrected chi connectivity index (χ4v) is 3.36. The summed E-state index contributed by atoms with van der Waals surface area (Å²) in [5.41, 5.74) is 5.40. The van der Waals surface area contributed by atoms with Gasteiger partial charge in [0, 0.05) is 23.6 Å². The summed E-state index contributed by atoms with van der Waals surface area (Å²) in [6, 6.07) is 3.86. The van der Waals surface area contributed by atoms with Crippen molar-refractivity contribution in [3.8, 4) is 0 Å². The largest absolute Gasteiger partial charge is 0.330 e. The molecule has 1 unspecified atom stereocenters. The predicted molar refractivity (Wildman–Crippen MR) is 69.8 cm³/mol. The van der Waals surface area contributed by atoms with Crippen molar-refractivity contribution >= 4 is 34.9 Å². The Kier molecular flexibility index (Phi) is 4.20. The molecule has 1 atom stereocenters. The Morgan fingerprint density at radius 1 is 1.53 bits per heavy atom. The zero-order valence-corrected chi connectivity index (χ0v) is 10.9. The number of hydrogen-bond acceptors (Lipinski definition) is 5. The molecule has 0 bridgehead atoms. The zero-order chi connectivity index (χ0) is 12.3. The van der Waals surface area contributed by atoms with Crippen LogP contribution in [0.4, 0.5) is 0 Å². The Morgan fingerprint density at radius 3 is 3.00 bits per heavy atom. The van der Waals surface area contributed by atoms with Crippen molar-refractivity contribution in [3.63, 3.8) is 0 Å². The molecule has 2 N–H and O–H groups in total. The predicted octanol–water partition coefficient (Wildman–Crippen LogP) is 1.07. The molecule has 0 aromatic carbocycles. The molecule has 4 nitrogen and oxygen atoms in total. The van der Waals surface area contributed by atoms with Crippen molar-refractivity contribution < 1.29 is 9.59 Å². The number of thiophene rings is 1. The molecule has 0 aliphatic carbocycles. The van der Waals surface area contributed by atoms with Gasteiger partial charge in [0.1, 0.15) is 0 Å². The van der Waals surface area contributed by atoms with Crippen molar-refractivity contribution in [2.45, 2.75) is 18.2 Å². The third-order valence-corrected chi connectivity index (χ3v) is 4.64. The van der Waals surface area contributed by atoms with Crippen molar-refractivity contribution in [2.75, 3.05) is 12.3 Å². The molecule has 2 amide bonds. The van der Waals surface area contributed by atoms with Gasteiger partial charge >= 0.3 is 0 Å². The van der Waals surface area contributed by atoms with Gasteiger partial charge in [0.2, 0.25) is 11.8 Å². The van der Waals surface area contributed by atoms with E-state index in [-0.39, 0.29) is 17.1 Å². The van der Waals surface area contributed by atoms with Crippen LogP contribution in [0.15, 0.2) is 17.5 Å². The number of nitrogens with two attached hydrogens (primary N) is 1. The van der Waals surface area contributed by atoms with Gasteiger partial charge in [0.05, 0.1) is 11.8 Å². The number of hydrogen-bond donors (Lipinski definition) is 1. The topological polar surface area (TPSA) is 63.4 Å². The fraction of sp³-hybridized carbons (Fsp3) is 0.455. The molecule has 1 fully saturated rings. The molecule has 2 rings (SSSR count). The summed E-state index contributed by atoms with van der Waals surface area (Å²) in [5, 5.41) is 1.71. The number of rotatable bonds is 5. The van der Waals surface area contributed by atoms with E-state index in [0.717, 1.165) is 10.6 Å². The summed E-state index contributed by atoms with van der Waals surface area (Å²) in [7, 11) is 0. The molecule has 0 radical (unpaired) electrons. The van der Waals surface area contributed by atoms with E-state index in [2.05, 4.69) is 0 Å². The normalized spacial score (nSPS) is 20.3. The van der Waals surface area contributed by atoms with Gasteiger partial charge in [0.25, 0.3) is 0 Å². The van der Waals surface area contributed by atoms with Crippen LogP contribution in [0.3, 0.4) is 0 Å². The second-order valence-corrected chi connectivity index (χ2v) is 6.09. The quantitative estimate of drug-likeness (QED) is 0.813. The summed E-state index contributed by atoms with van der Waals surface area (Å²) in [6.45, 7) is 0.947. The van der Waals surface area contributed by atoms with Gasteiger partial charge in [-0.2, -0.15) is 0 Å². The number of nitrogens with zero attached hydrogens (tertiary/aromatic N) is 1. The monoisotopic (exact) mass is 270 g/mol. The maximum atomic E-state index is 12.0. The molecule has 0 spiro atoms. The molecule has 1 aliphatic rings. The van der Waals surface area contributed by atoms with Gasteiger partial charge in [-0.25, -0.2) is 0 Å². The Labute approximate surface area is 108 Å². The van der Waals surface area contributed by atoms with E-state index in [9.17, 15) is 9.59 Å². The highest BCUT2D eigenvalue weighted by atomic mass is 32.2. The fourth-order valence-electron chi connectivity index (χ4n) is 1.72. The Balaban J connectivity index is 1.99. The van der Waals surface area contributed by atoms with E-state index in [4.69, 9.17) is 5.73 Å². The Bertz CT molecular complexity index is 406. The first-order chi connectivity index (χ1) is 8.22. The van der Waals surface area contributed by atoms with Gasteiger partial charge in [-0.1, -0.05) is 6.07 Å². The molecule has 17 heavy (non-hydrogen) atoms. The first-order valence-corrected chi connectivity index (χ1v) is 7.33. The SMILES string of the molecule is NCCSC1CC(=O)N(Cc2cccs2)C1=O. The molecular weight excluding hydrogens is 256 g/mol. The smallest absolute Gasteiger partial charge is 0.243 e. The van der Waals surface area contributed by atoms with Crippen LogP contribution in [0.2, 0.25) is 0 Å². The summed E-state index contributed by atoms with van der Waals surface area (Å²) >= 11 is 3.04. The molecule has 1 aromatic rings. The maximum absolute atomic E-state index is 12.0. The van der Waals surface area contributed by atoms with Crippen LogP contribution in [-0.4, -0.2) is 34.3 Å². The Hall–Kier alpha value is -0.850.